The fourth-order valence-electron chi connectivity index (χ4n) is 2.25. The molecule has 0 radical (unpaired) electrons. The molecule has 1 aliphatic rings. The Bertz CT molecular complexity index is 896. The third kappa shape index (κ3) is 3.79. The quantitative estimate of drug-likeness (QED) is 0.688. The van der Waals surface area contributed by atoms with E-state index in [4.69, 9.17) is 9.05 Å². The van der Waals surface area contributed by atoms with Crippen molar-refractivity contribution in [1.82, 2.24) is 25.6 Å². The van der Waals surface area contributed by atoms with Crippen LogP contribution in [0.15, 0.2) is 45.7 Å². The standard InChI is InChI=1S/C17H15N5O3/c23-15(6-3-11-2-1-7-18-9-11)19-10-16-20-17(22-25-16)13-8-14(24-21-13)12-4-5-12/h1-3,6-9,12H,4-5,10H2,(H,19,23)/b6-3+. The summed E-state index contributed by atoms with van der Waals surface area (Å²) in [6, 6.07) is 5.49. The zero-order valence-corrected chi connectivity index (χ0v) is 13.3. The lowest BCUT2D eigenvalue weighted by Gasteiger charge is -1.96. The summed E-state index contributed by atoms with van der Waals surface area (Å²) in [5.74, 6) is 1.72. The maximum atomic E-state index is 11.8. The van der Waals surface area contributed by atoms with Crippen LogP contribution in [0.2, 0.25) is 0 Å². The molecule has 1 amide bonds. The molecular formula is C17H15N5O3. The third-order valence-electron chi connectivity index (χ3n) is 3.73. The number of pyridine rings is 1. The van der Waals surface area contributed by atoms with Crippen LogP contribution in [0.1, 0.15) is 36.0 Å². The van der Waals surface area contributed by atoms with Gasteiger partial charge in [-0.15, -0.1) is 0 Å². The highest BCUT2D eigenvalue weighted by Gasteiger charge is 2.28. The van der Waals surface area contributed by atoms with Crippen LogP contribution >= 0.6 is 0 Å². The fraction of sp³-hybridized carbons (Fsp3) is 0.235. The van der Waals surface area contributed by atoms with E-state index in [9.17, 15) is 4.79 Å². The molecule has 1 aliphatic carbocycles. The van der Waals surface area contributed by atoms with E-state index in [2.05, 4.69) is 25.6 Å². The molecule has 1 fully saturated rings. The van der Waals surface area contributed by atoms with Crippen molar-refractivity contribution in [2.24, 2.45) is 0 Å². The lowest BCUT2D eigenvalue weighted by molar-refractivity contribution is -0.116. The van der Waals surface area contributed by atoms with Crippen LogP contribution in [-0.4, -0.2) is 26.2 Å². The predicted octanol–water partition coefficient (Wildman–Crippen LogP) is 2.33. The molecule has 1 N–H and O–H groups in total. The van der Waals surface area contributed by atoms with Crippen LogP contribution in [-0.2, 0) is 11.3 Å². The number of carbonyl (C=O) groups is 1. The van der Waals surface area contributed by atoms with Gasteiger partial charge in [0, 0.05) is 30.5 Å². The largest absolute Gasteiger partial charge is 0.360 e. The molecule has 0 bridgehead atoms. The molecule has 25 heavy (non-hydrogen) atoms. The Kier molecular flexibility index (Phi) is 4.07. The first-order chi connectivity index (χ1) is 12.3. The average molecular weight is 337 g/mol. The number of hydrogen-bond donors (Lipinski definition) is 1. The summed E-state index contributed by atoms with van der Waals surface area (Å²) in [7, 11) is 0. The fourth-order valence-corrected chi connectivity index (χ4v) is 2.25. The highest BCUT2D eigenvalue weighted by molar-refractivity contribution is 5.91. The van der Waals surface area contributed by atoms with Gasteiger partial charge in [-0.1, -0.05) is 16.4 Å². The summed E-state index contributed by atoms with van der Waals surface area (Å²) in [6.07, 6.45) is 8.70. The van der Waals surface area contributed by atoms with Gasteiger partial charge in [0.2, 0.25) is 17.6 Å². The lowest BCUT2D eigenvalue weighted by atomic mass is 10.2. The molecule has 1 saturated carbocycles. The Morgan fingerprint density at radius 3 is 3.04 bits per heavy atom. The Morgan fingerprint density at radius 1 is 1.32 bits per heavy atom. The Labute approximate surface area is 142 Å². The van der Waals surface area contributed by atoms with E-state index in [1.165, 1.54) is 6.08 Å². The zero-order valence-electron chi connectivity index (χ0n) is 13.3. The van der Waals surface area contributed by atoms with Crippen LogP contribution in [0.4, 0.5) is 0 Å². The Balaban J connectivity index is 1.33. The molecule has 0 atom stereocenters. The summed E-state index contributed by atoms with van der Waals surface area (Å²) in [4.78, 5) is 20.0. The molecular weight excluding hydrogens is 322 g/mol. The van der Waals surface area contributed by atoms with E-state index in [-0.39, 0.29) is 12.5 Å². The van der Waals surface area contributed by atoms with Gasteiger partial charge in [0.25, 0.3) is 0 Å². The molecule has 3 aromatic rings. The zero-order chi connectivity index (χ0) is 17.1. The number of carbonyl (C=O) groups excluding carboxylic acids is 1. The molecule has 0 aromatic carbocycles. The number of amides is 1. The van der Waals surface area contributed by atoms with E-state index >= 15 is 0 Å². The van der Waals surface area contributed by atoms with Gasteiger partial charge in [0.15, 0.2) is 5.69 Å². The Hall–Kier alpha value is -3.29. The van der Waals surface area contributed by atoms with Gasteiger partial charge in [0.05, 0.1) is 6.54 Å². The predicted molar refractivity (Wildman–Crippen MR) is 86.9 cm³/mol. The minimum absolute atomic E-state index is 0.135. The molecule has 8 heteroatoms. The minimum atomic E-state index is -0.263. The first-order valence-electron chi connectivity index (χ1n) is 7.93. The van der Waals surface area contributed by atoms with Crippen LogP contribution < -0.4 is 5.32 Å². The number of aromatic nitrogens is 4. The summed E-state index contributed by atoms with van der Waals surface area (Å²) in [5, 5.41) is 10.5. The van der Waals surface area contributed by atoms with Crippen molar-refractivity contribution < 1.29 is 13.8 Å². The van der Waals surface area contributed by atoms with Crippen molar-refractivity contribution in [3.63, 3.8) is 0 Å². The van der Waals surface area contributed by atoms with Crippen molar-refractivity contribution in [2.45, 2.75) is 25.3 Å². The first kappa shape index (κ1) is 15.3. The van der Waals surface area contributed by atoms with Gasteiger partial charge >= 0.3 is 0 Å². The molecule has 3 heterocycles. The second-order valence-corrected chi connectivity index (χ2v) is 5.74. The molecule has 3 aromatic heterocycles. The summed E-state index contributed by atoms with van der Waals surface area (Å²) >= 11 is 0. The summed E-state index contributed by atoms with van der Waals surface area (Å²) < 4.78 is 10.4. The molecule has 8 nitrogen and oxygen atoms in total. The van der Waals surface area contributed by atoms with Gasteiger partial charge < -0.3 is 14.4 Å². The van der Waals surface area contributed by atoms with Gasteiger partial charge in [-0.2, -0.15) is 4.98 Å². The number of rotatable bonds is 6. The van der Waals surface area contributed by atoms with Crippen molar-refractivity contribution >= 4 is 12.0 Å². The van der Waals surface area contributed by atoms with Crippen LogP contribution in [0.25, 0.3) is 17.6 Å². The van der Waals surface area contributed by atoms with Crippen LogP contribution in [0.3, 0.4) is 0 Å². The van der Waals surface area contributed by atoms with E-state index < -0.39 is 0 Å². The maximum Gasteiger partial charge on any atom is 0.246 e. The minimum Gasteiger partial charge on any atom is -0.360 e. The van der Waals surface area contributed by atoms with Crippen molar-refractivity contribution in [3.05, 3.63) is 53.9 Å². The van der Waals surface area contributed by atoms with E-state index in [1.807, 2.05) is 12.1 Å². The molecule has 0 aliphatic heterocycles. The Morgan fingerprint density at radius 2 is 2.24 bits per heavy atom. The molecule has 0 saturated heterocycles. The van der Waals surface area contributed by atoms with E-state index in [1.54, 1.807) is 24.5 Å². The highest BCUT2D eigenvalue weighted by Crippen LogP contribution is 2.40. The lowest BCUT2D eigenvalue weighted by Crippen LogP contribution is -2.20. The normalized spacial score (nSPS) is 14.1. The van der Waals surface area contributed by atoms with Gasteiger partial charge in [0.1, 0.15) is 5.76 Å². The monoisotopic (exact) mass is 337 g/mol. The smallest absolute Gasteiger partial charge is 0.246 e. The second-order valence-electron chi connectivity index (χ2n) is 5.74. The molecule has 0 unspecified atom stereocenters. The van der Waals surface area contributed by atoms with E-state index in [0.717, 1.165) is 24.2 Å². The maximum absolute atomic E-state index is 11.8. The number of nitrogens with zero attached hydrogens (tertiary/aromatic N) is 4. The molecule has 126 valence electrons. The summed E-state index contributed by atoms with van der Waals surface area (Å²) in [5.41, 5.74) is 1.38. The van der Waals surface area contributed by atoms with Gasteiger partial charge in [-0.05, 0) is 30.5 Å². The van der Waals surface area contributed by atoms with E-state index in [0.29, 0.717) is 23.3 Å². The van der Waals surface area contributed by atoms with Crippen LogP contribution in [0.5, 0.6) is 0 Å². The topological polar surface area (TPSA) is 107 Å². The van der Waals surface area contributed by atoms with Gasteiger partial charge in [-0.3, -0.25) is 9.78 Å². The number of nitrogens with one attached hydrogen (secondary N) is 1. The highest BCUT2D eigenvalue weighted by atomic mass is 16.5. The van der Waals surface area contributed by atoms with Crippen molar-refractivity contribution in [2.75, 3.05) is 0 Å². The average Bonchev–Trinajstić information content (AvgIpc) is 3.19. The third-order valence-corrected chi connectivity index (χ3v) is 3.73. The second kappa shape index (κ2) is 6.68. The van der Waals surface area contributed by atoms with Crippen molar-refractivity contribution in [1.29, 1.82) is 0 Å². The SMILES string of the molecule is O=C(/C=C/c1cccnc1)NCc1nc(-c2cc(C3CC3)on2)no1. The first-order valence-corrected chi connectivity index (χ1v) is 7.93. The van der Waals surface area contributed by atoms with Crippen LogP contribution in [0, 0.1) is 0 Å². The van der Waals surface area contributed by atoms with Crippen molar-refractivity contribution in [3.8, 4) is 11.5 Å². The molecule has 0 spiro atoms. The summed E-state index contributed by atoms with van der Waals surface area (Å²) in [6.45, 7) is 0.135. The molecule has 4 rings (SSSR count). The van der Waals surface area contributed by atoms with Gasteiger partial charge in [-0.25, -0.2) is 0 Å². The number of hydrogen-bond acceptors (Lipinski definition) is 7.